The topological polar surface area (TPSA) is 106 Å². The van der Waals surface area contributed by atoms with Gasteiger partial charge in [0.15, 0.2) is 0 Å². The highest BCUT2D eigenvalue weighted by molar-refractivity contribution is 6.05. The van der Waals surface area contributed by atoms with Crippen molar-refractivity contribution < 1.29 is 37.4 Å². The van der Waals surface area contributed by atoms with E-state index in [1.54, 1.807) is 37.3 Å². The molecule has 0 saturated carbocycles. The molecule has 3 saturated heterocycles. The average molecular weight is 794 g/mol. The fourth-order valence-electron chi connectivity index (χ4n) is 9.68. The van der Waals surface area contributed by atoms with Crippen LogP contribution < -0.4 is 19.9 Å². The Morgan fingerprint density at radius 3 is 2.26 bits per heavy atom. The monoisotopic (exact) mass is 793 g/mol. The zero-order valence-electron chi connectivity index (χ0n) is 32.4. The number of rotatable bonds is 7. The van der Waals surface area contributed by atoms with E-state index in [1.165, 1.54) is 17.0 Å². The van der Waals surface area contributed by atoms with E-state index in [9.17, 15) is 23.9 Å². The Balaban J connectivity index is 0.812. The summed E-state index contributed by atoms with van der Waals surface area (Å²) in [5.74, 6) is -1.61. The van der Waals surface area contributed by atoms with Crippen molar-refractivity contribution in [3.05, 3.63) is 118 Å². The van der Waals surface area contributed by atoms with Crippen LogP contribution in [-0.4, -0.2) is 91.1 Å². The molecule has 10 nitrogen and oxygen atoms in total. The Labute approximate surface area is 335 Å². The summed E-state index contributed by atoms with van der Waals surface area (Å²) >= 11 is 0. The predicted octanol–water partition coefficient (Wildman–Crippen LogP) is 6.23. The van der Waals surface area contributed by atoms with E-state index in [0.717, 1.165) is 62.3 Å². The maximum absolute atomic E-state index is 16.1. The fourth-order valence-corrected chi connectivity index (χ4v) is 9.68. The number of phenols is 1. The number of aromatic hydroxyl groups is 1. The fraction of sp³-hybridized carbons (Fsp3) is 0.400. The van der Waals surface area contributed by atoms with Crippen molar-refractivity contribution in [3.8, 4) is 11.5 Å². The number of phenolic OH excluding ortho intramolecular Hbond substituents is 1. The highest BCUT2D eigenvalue weighted by Gasteiger charge is 2.40. The molecule has 58 heavy (non-hydrogen) atoms. The first-order chi connectivity index (χ1) is 28.0. The minimum atomic E-state index is -0.745. The summed E-state index contributed by atoms with van der Waals surface area (Å²) in [6.45, 7) is 7.41. The predicted molar refractivity (Wildman–Crippen MR) is 212 cm³/mol. The number of aryl methyl sites for hydroxylation is 1. The molecule has 4 aromatic carbocycles. The molecule has 13 heteroatoms. The van der Waals surface area contributed by atoms with Crippen LogP contribution in [0.3, 0.4) is 0 Å². The van der Waals surface area contributed by atoms with Gasteiger partial charge in [-0.15, -0.1) is 0 Å². The number of ether oxygens (including phenoxy) is 1. The molecule has 0 bridgehead atoms. The molecular weight excluding hydrogens is 748 g/mol. The van der Waals surface area contributed by atoms with Gasteiger partial charge < -0.3 is 24.5 Å². The van der Waals surface area contributed by atoms with E-state index in [-0.39, 0.29) is 66.0 Å². The van der Waals surface area contributed by atoms with E-state index < -0.39 is 17.8 Å². The molecule has 0 unspecified atom stereocenters. The Morgan fingerprint density at radius 1 is 0.776 bits per heavy atom. The number of carbonyl (C=O) groups excluding carboxylic acids is 3. The molecule has 302 valence electrons. The first-order valence-electron chi connectivity index (χ1n) is 20.2. The number of benzene rings is 4. The van der Waals surface area contributed by atoms with Crippen molar-refractivity contribution in [2.45, 2.75) is 57.0 Å². The normalized spacial score (nSPS) is 22.8. The van der Waals surface area contributed by atoms with Crippen LogP contribution in [0.2, 0.25) is 0 Å². The molecule has 9 rings (SSSR count). The zero-order valence-corrected chi connectivity index (χ0v) is 32.4. The van der Waals surface area contributed by atoms with Gasteiger partial charge in [0.05, 0.1) is 18.0 Å². The summed E-state index contributed by atoms with van der Waals surface area (Å²) in [5, 5.41) is 12.5. The molecule has 5 heterocycles. The van der Waals surface area contributed by atoms with Crippen LogP contribution in [0, 0.1) is 30.3 Å². The summed E-state index contributed by atoms with van der Waals surface area (Å²) in [6, 6.07) is 17.8. The minimum Gasteiger partial charge on any atom is -0.508 e. The molecule has 0 aromatic heterocycles. The first kappa shape index (κ1) is 38.0. The SMILES string of the molecule is Cc1cc([C@@H]2COc3cc(O)ccc3[C@@H]2c2ccc(N3CCC(CN4CCN(c5cc6c(cc5F)C(=O)N([C@H]5CCC(=O)NC5=O)C6)CC4)CC3)c(F)c2)ccc1F. The van der Waals surface area contributed by atoms with Gasteiger partial charge in [-0.2, -0.15) is 0 Å². The van der Waals surface area contributed by atoms with Crippen molar-refractivity contribution in [2.24, 2.45) is 5.92 Å². The molecule has 0 aliphatic carbocycles. The lowest BCUT2D eigenvalue weighted by Gasteiger charge is -2.40. The maximum atomic E-state index is 16.1. The number of halogens is 3. The van der Waals surface area contributed by atoms with Crippen LogP contribution in [0.1, 0.15) is 75.7 Å². The number of imide groups is 1. The van der Waals surface area contributed by atoms with Gasteiger partial charge in [0, 0.05) is 87.8 Å². The van der Waals surface area contributed by atoms with E-state index in [4.69, 9.17) is 4.74 Å². The van der Waals surface area contributed by atoms with Crippen LogP contribution in [-0.2, 0) is 16.1 Å². The molecule has 2 N–H and O–H groups in total. The quantitative estimate of drug-likeness (QED) is 0.213. The van der Waals surface area contributed by atoms with Crippen LogP contribution in [0.25, 0.3) is 0 Å². The Hall–Kier alpha value is -5.56. The lowest BCUT2D eigenvalue weighted by atomic mass is 9.75. The number of nitrogens with one attached hydrogen (secondary N) is 1. The summed E-state index contributed by atoms with van der Waals surface area (Å²) in [6.07, 6.45) is 2.25. The molecule has 5 aliphatic heterocycles. The summed E-state index contributed by atoms with van der Waals surface area (Å²) in [4.78, 5) is 45.2. The van der Waals surface area contributed by atoms with Gasteiger partial charge in [-0.1, -0.05) is 24.3 Å². The third-order valence-electron chi connectivity index (χ3n) is 12.9. The number of piperidine rings is 2. The van der Waals surface area contributed by atoms with Gasteiger partial charge in [-0.25, -0.2) is 13.2 Å². The summed E-state index contributed by atoms with van der Waals surface area (Å²) in [7, 11) is 0. The van der Waals surface area contributed by atoms with Gasteiger partial charge in [-0.3, -0.25) is 24.6 Å². The Kier molecular flexibility index (Phi) is 10.0. The number of anilines is 2. The smallest absolute Gasteiger partial charge is 0.255 e. The standard InChI is InChI=1S/C45H46F3N5O5/c1-26-18-28(2-6-35(26)46)34-25-58-41-21-31(54)4-5-32(41)43(34)29-3-7-38(36(47)19-29)51-12-10-27(11-13-51)23-50-14-16-52(17-15-50)40-20-30-24-53(45(57)33(30)22-37(40)48)39-8-9-42(55)49-44(39)56/h2-7,18-22,27,34,39,43,54H,8-17,23-25H2,1H3,(H,49,55,56)/t34-,39-,43-/m0/s1. The lowest BCUT2D eigenvalue weighted by Crippen LogP contribution is -2.52. The summed E-state index contributed by atoms with van der Waals surface area (Å²) in [5.41, 5.74) is 5.06. The number of nitrogens with zero attached hydrogens (tertiary/aromatic N) is 4. The van der Waals surface area contributed by atoms with Crippen molar-refractivity contribution in [3.63, 3.8) is 0 Å². The Bertz CT molecular complexity index is 2290. The average Bonchev–Trinajstić information content (AvgIpc) is 3.52. The second kappa shape index (κ2) is 15.3. The van der Waals surface area contributed by atoms with Gasteiger partial charge >= 0.3 is 0 Å². The van der Waals surface area contributed by atoms with Crippen molar-refractivity contribution >= 4 is 29.1 Å². The second-order valence-corrected chi connectivity index (χ2v) is 16.4. The molecule has 0 radical (unpaired) electrons. The number of fused-ring (bicyclic) bond motifs is 2. The highest BCUT2D eigenvalue weighted by Crippen LogP contribution is 2.48. The molecule has 5 aliphatic rings. The largest absolute Gasteiger partial charge is 0.508 e. The van der Waals surface area contributed by atoms with Crippen molar-refractivity contribution in [1.29, 1.82) is 0 Å². The highest BCUT2D eigenvalue weighted by atomic mass is 19.1. The van der Waals surface area contributed by atoms with Crippen LogP contribution in [0.15, 0.2) is 66.7 Å². The summed E-state index contributed by atoms with van der Waals surface area (Å²) < 4.78 is 51.9. The molecule has 3 atom stereocenters. The van der Waals surface area contributed by atoms with Gasteiger partial charge in [0.25, 0.3) is 5.91 Å². The second-order valence-electron chi connectivity index (χ2n) is 16.4. The van der Waals surface area contributed by atoms with E-state index >= 15 is 8.78 Å². The van der Waals surface area contributed by atoms with Crippen LogP contribution in [0.5, 0.6) is 11.5 Å². The molecule has 3 fully saturated rings. The van der Waals surface area contributed by atoms with Gasteiger partial charge in [0.2, 0.25) is 11.8 Å². The number of carbonyl (C=O) groups is 3. The van der Waals surface area contributed by atoms with Crippen molar-refractivity contribution in [2.75, 3.05) is 62.2 Å². The first-order valence-corrected chi connectivity index (χ1v) is 20.2. The van der Waals surface area contributed by atoms with E-state index in [2.05, 4.69) is 15.1 Å². The lowest BCUT2D eigenvalue weighted by molar-refractivity contribution is -0.136. The number of amides is 3. The Morgan fingerprint density at radius 2 is 1.52 bits per heavy atom. The minimum absolute atomic E-state index is 0.0913. The molecule has 3 amide bonds. The molecule has 0 spiro atoms. The van der Waals surface area contributed by atoms with Gasteiger partial charge in [0.1, 0.15) is 35.0 Å². The van der Waals surface area contributed by atoms with Crippen molar-refractivity contribution in [1.82, 2.24) is 15.1 Å². The number of hydrogen-bond acceptors (Lipinski definition) is 8. The number of hydrogen-bond donors (Lipinski definition) is 2. The molecular formula is C45H46F3N5O5. The third kappa shape index (κ3) is 7.14. The zero-order chi connectivity index (χ0) is 40.2. The maximum Gasteiger partial charge on any atom is 0.255 e. The molecule has 4 aromatic rings. The number of piperazine rings is 1. The van der Waals surface area contributed by atoms with Crippen LogP contribution in [0.4, 0.5) is 24.5 Å². The van der Waals surface area contributed by atoms with E-state index in [0.29, 0.717) is 53.9 Å². The third-order valence-corrected chi connectivity index (χ3v) is 12.9. The van der Waals surface area contributed by atoms with Crippen LogP contribution >= 0.6 is 0 Å². The van der Waals surface area contributed by atoms with E-state index in [1.807, 2.05) is 29.2 Å². The van der Waals surface area contributed by atoms with Gasteiger partial charge in [-0.05, 0) is 90.8 Å².